The molecular formula is C21H34BNO5. The third kappa shape index (κ3) is 5.20. The maximum Gasteiger partial charge on any atom is 0.498 e. The SMILES string of the molecule is CCOB(OC(C)(C)CC)c1ccc2c(c1OC)CCN2C(=O)OC(C)(C)C. The zero-order chi connectivity index (χ0) is 21.1. The fourth-order valence-electron chi connectivity index (χ4n) is 3.12. The Morgan fingerprint density at radius 3 is 2.39 bits per heavy atom. The minimum absolute atomic E-state index is 0.327. The summed E-state index contributed by atoms with van der Waals surface area (Å²) in [6.07, 6.45) is 1.21. The van der Waals surface area contributed by atoms with Crippen LogP contribution >= 0.6 is 0 Å². The smallest absolute Gasteiger partial charge is 0.497 e. The molecule has 1 heterocycles. The van der Waals surface area contributed by atoms with E-state index in [0.717, 1.165) is 23.1 Å². The van der Waals surface area contributed by atoms with Gasteiger partial charge in [0.15, 0.2) is 0 Å². The molecule has 2 rings (SSSR count). The van der Waals surface area contributed by atoms with Crippen molar-refractivity contribution in [1.82, 2.24) is 0 Å². The molecule has 0 saturated heterocycles. The van der Waals surface area contributed by atoms with E-state index in [1.54, 1.807) is 12.0 Å². The molecule has 0 saturated carbocycles. The third-order valence-electron chi connectivity index (χ3n) is 4.81. The first-order valence-corrected chi connectivity index (χ1v) is 10.0. The first-order valence-electron chi connectivity index (χ1n) is 10.0. The summed E-state index contributed by atoms with van der Waals surface area (Å²) in [5.41, 5.74) is 1.78. The van der Waals surface area contributed by atoms with Crippen LogP contribution in [0.2, 0.25) is 0 Å². The van der Waals surface area contributed by atoms with Gasteiger partial charge in [-0.25, -0.2) is 4.79 Å². The molecule has 1 aliphatic rings. The Labute approximate surface area is 169 Å². The fourth-order valence-corrected chi connectivity index (χ4v) is 3.12. The number of amides is 1. The number of ether oxygens (including phenoxy) is 2. The number of benzene rings is 1. The van der Waals surface area contributed by atoms with E-state index in [9.17, 15) is 4.79 Å². The second kappa shape index (κ2) is 8.74. The van der Waals surface area contributed by atoms with Gasteiger partial charge in [0.05, 0.1) is 12.8 Å². The summed E-state index contributed by atoms with van der Waals surface area (Å²) < 4.78 is 23.4. The van der Waals surface area contributed by atoms with Gasteiger partial charge < -0.3 is 18.8 Å². The summed E-state index contributed by atoms with van der Waals surface area (Å²) in [4.78, 5) is 14.3. The highest BCUT2D eigenvalue weighted by Gasteiger charge is 2.36. The van der Waals surface area contributed by atoms with Gasteiger partial charge in [-0.3, -0.25) is 4.90 Å². The zero-order valence-electron chi connectivity index (χ0n) is 18.5. The van der Waals surface area contributed by atoms with Gasteiger partial charge in [0.25, 0.3) is 0 Å². The molecule has 1 amide bonds. The van der Waals surface area contributed by atoms with Crippen molar-refractivity contribution in [3.05, 3.63) is 17.7 Å². The van der Waals surface area contributed by atoms with E-state index in [2.05, 4.69) is 6.92 Å². The monoisotopic (exact) mass is 391 g/mol. The molecule has 1 aromatic carbocycles. The van der Waals surface area contributed by atoms with Gasteiger partial charge in [0, 0.05) is 29.8 Å². The van der Waals surface area contributed by atoms with Crippen LogP contribution in [0.25, 0.3) is 0 Å². The number of hydrogen-bond acceptors (Lipinski definition) is 5. The molecule has 0 N–H and O–H groups in total. The minimum Gasteiger partial charge on any atom is -0.497 e. The molecule has 7 heteroatoms. The summed E-state index contributed by atoms with van der Waals surface area (Å²) in [6, 6.07) is 3.85. The summed E-state index contributed by atoms with van der Waals surface area (Å²) in [5, 5.41) is 0. The second-order valence-electron chi connectivity index (χ2n) is 8.59. The number of rotatable bonds is 7. The molecular weight excluding hydrogens is 357 g/mol. The number of hydrogen-bond donors (Lipinski definition) is 0. The van der Waals surface area contributed by atoms with E-state index in [0.29, 0.717) is 25.3 Å². The van der Waals surface area contributed by atoms with E-state index in [-0.39, 0.29) is 11.7 Å². The molecule has 1 aliphatic heterocycles. The highest BCUT2D eigenvalue weighted by Crippen LogP contribution is 2.35. The van der Waals surface area contributed by atoms with Crippen LogP contribution in [-0.2, 0) is 20.5 Å². The molecule has 1 aromatic rings. The highest BCUT2D eigenvalue weighted by atomic mass is 16.6. The molecule has 156 valence electrons. The summed E-state index contributed by atoms with van der Waals surface area (Å²) in [5.74, 6) is 0.717. The largest absolute Gasteiger partial charge is 0.498 e. The quantitative estimate of drug-likeness (QED) is 0.660. The molecule has 0 aromatic heterocycles. The Morgan fingerprint density at radius 2 is 1.86 bits per heavy atom. The fraction of sp³-hybridized carbons (Fsp3) is 0.667. The van der Waals surface area contributed by atoms with Crippen LogP contribution in [0.15, 0.2) is 12.1 Å². The molecule has 0 radical (unpaired) electrons. The summed E-state index contributed by atoms with van der Waals surface area (Å²) in [7, 11) is 1.11. The van der Waals surface area contributed by atoms with Crippen LogP contribution in [0.4, 0.5) is 10.5 Å². The van der Waals surface area contributed by atoms with Gasteiger partial charge in [0.1, 0.15) is 11.4 Å². The molecule has 0 fully saturated rings. The predicted octanol–water partition coefficient (Wildman–Crippen LogP) is 3.93. The van der Waals surface area contributed by atoms with Crippen LogP contribution < -0.4 is 15.1 Å². The lowest BCUT2D eigenvalue weighted by molar-refractivity contribution is 0.0583. The van der Waals surface area contributed by atoms with Crippen LogP contribution in [0.1, 0.15) is 60.5 Å². The Bertz CT molecular complexity index is 699. The number of anilines is 1. The number of carbonyl (C=O) groups excluding carboxylic acids is 1. The first kappa shape index (κ1) is 22.6. The average molecular weight is 391 g/mol. The third-order valence-corrected chi connectivity index (χ3v) is 4.81. The van der Waals surface area contributed by atoms with Gasteiger partial charge in [-0.2, -0.15) is 0 Å². The normalized spacial score (nSPS) is 14.1. The average Bonchev–Trinajstić information content (AvgIpc) is 3.03. The van der Waals surface area contributed by atoms with Crippen molar-refractivity contribution in [3.8, 4) is 5.75 Å². The highest BCUT2D eigenvalue weighted by molar-refractivity contribution is 6.62. The van der Waals surface area contributed by atoms with Crippen molar-refractivity contribution in [2.75, 3.05) is 25.2 Å². The Balaban J connectivity index is 2.39. The lowest BCUT2D eigenvalue weighted by atomic mass is 9.75. The molecule has 0 atom stereocenters. The van der Waals surface area contributed by atoms with Gasteiger partial charge in [-0.05, 0) is 60.5 Å². The molecule has 0 bridgehead atoms. The molecule has 0 aliphatic carbocycles. The van der Waals surface area contributed by atoms with Crippen molar-refractivity contribution >= 4 is 24.4 Å². The second-order valence-corrected chi connectivity index (χ2v) is 8.59. The lowest BCUT2D eigenvalue weighted by Crippen LogP contribution is -2.44. The topological polar surface area (TPSA) is 57.2 Å². The number of nitrogens with zero attached hydrogens (tertiary/aromatic N) is 1. The summed E-state index contributed by atoms with van der Waals surface area (Å²) >= 11 is 0. The van der Waals surface area contributed by atoms with Crippen molar-refractivity contribution in [3.63, 3.8) is 0 Å². The van der Waals surface area contributed by atoms with Crippen molar-refractivity contribution in [1.29, 1.82) is 0 Å². The standard InChI is InChI=1S/C21H34BNO5/c1-9-21(6,7)28-22(26-10-2)16-11-12-17-15(18(16)25-8)13-14-23(17)19(24)27-20(3,4)5/h11-12H,9-10,13-14H2,1-8H3. The van der Waals surface area contributed by atoms with Crippen molar-refractivity contribution in [2.45, 2.75) is 72.5 Å². The lowest BCUT2D eigenvalue weighted by Gasteiger charge is -2.29. The maximum atomic E-state index is 12.6. The number of carbonyl (C=O) groups is 1. The van der Waals surface area contributed by atoms with E-state index < -0.39 is 12.7 Å². The zero-order valence-corrected chi connectivity index (χ0v) is 18.5. The molecule has 0 unspecified atom stereocenters. The van der Waals surface area contributed by atoms with Gasteiger partial charge in [-0.1, -0.05) is 13.0 Å². The van der Waals surface area contributed by atoms with Crippen LogP contribution in [-0.4, -0.2) is 44.7 Å². The first-order chi connectivity index (χ1) is 13.0. The Kier molecular flexibility index (Phi) is 7.04. The van der Waals surface area contributed by atoms with Crippen LogP contribution in [0.5, 0.6) is 5.75 Å². The Morgan fingerprint density at radius 1 is 1.18 bits per heavy atom. The molecule has 28 heavy (non-hydrogen) atoms. The Hall–Kier alpha value is -1.73. The van der Waals surface area contributed by atoms with E-state index in [1.165, 1.54) is 0 Å². The number of methoxy groups -OCH3 is 1. The predicted molar refractivity (Wildman–Crippen MR) is 113 cm³/mol. The number of fused-ring (bicyclic) bond motifs is 1. The van der Waals surface area contributed by atoms with E-state index in [1.807, 2.05) is 53.7 Å². The molecule has 6 nitrogen and oxygen atoms in total. The summed E-state index contributed by atoms with van der Waals surface area (Å²) in [6.45, 7) is 14.8. The van der Waals surface area contributed by atoms with Gasteiger partial charge >= 0.3 is 13.2 Å². The van der Waals surface area contributed by atoms with E-state index >= 15 is 0 Å². The van der Waals surface area contributed by atoms with Gasteiger partial charge in [-0.15, -0.1) is 0 Å². The maximum absolute atomic E-state index is 12.6. The van der Waals surface area contributed by atoms with E-state index in [4.69, 9.17) is 18.8 Å². The minimum atomic E-state index is -0.538. The van der Waals surface area contributed by atoms with Crippen LogP contribution in [0, 0.1) is 0 Å². The van der Waals surface area contributed by atoms with Crippen molar-refractivity contribution in [2.24, 2.45) is 0 Å². The molecule has 0 spiro atoms. The van der Waals surface area contributed by atoms with Crippen LogP contribution in [0.3, 0.4) is 0 Å². The van der Waals surface area contributed by atoms with Gasteiger partial charge in [0.2, 0.25) is 0 Å². The van der Waals surface area contributed by atoms with Crippen molar-refractivity contribution < 1.29 is 23.6 Å².